The molecule has 1 rings (SSSR count). The average molecular weight is 256 g/mol. The van der Waals surface area contributed by atoms with Gasteiger partial charge in [0.1, 0.15) is 0 Å². The molecular weight excluding hydrogens is 234 g/mol. The minimum absolute atomic E-state index is 0.0145. The van der Waals surface area contributed by atoms with E-state index in [0.29, 0.717) is 6.04 Å². The quantitative estimate of drug-likeness (QED) is 0.842. The molecular formula is C14H22F2N2. The molecule has 0 aromatic heterocycles. The SMILES string of the molecule is CC(NCCN(C)C(C)C)c1ccc(F)c(F)c1. The van der Waals surface area contributed by atoms with Gasteiger partial charge in [-0.1, -0.05) is 6.07 Å². The smallest absolute Gasteiger partial charge is 0.159 e. The van der Waals surface area contributed by atoms with Gasteiger partial charge in [0, 0.05) is 25.2 Å². The van der Waals surface area contributed by atoms with Gasteiger partial charge in [-0.3, -0.25) is 0 Å². The summed E-state index contributed by atoms with van der Waals surface area (Å²) < 4.78 is 25.9. The fourth-order valence-corrected chi connectivity index (χ4v) is 1.62. The molecule has 1 unspecified atom stereocenters. The van der Waals surface area contributed by atoms with Crippen molar-refractivity contribution in [1.82, 2.24) is 10.2 Å². The third-order valence-corrected chi connectivity index (χ3v) is 3.24. The Kier molecular flexibility index (Phi) is 5.69. The van der Waals surface area contributed by atoms with E-state index in [0.717, 1.165) is 18.7 Å². The molecule has 0 amide bonds. The molecule has 102 valence electrons. The highest BCUT2D eigenvalue weighted by Crippen LogP contribution is 2.15. The number of hydrogen-bond acceptors (Lipinski definition) is 2. The first-order valence-corrected chi connectivity index (χ1v) is 6.30. The second kappa shape index (κ2) is 6.81. The first-order valence-electron chi connectivity index (χ1n) is 6.30. The summed E-state index contributed by atoms with van der Waals surface area (Å²) in [7, 11) is 2.06. The van der Waals surface area contributed by atoms with Crippen LogP contribution >= 0.6 is 0 Å². The normalized spacial score (nSPS) is 13.3. The maximum absolute atomic E-state index is 13.1. The molecule has 0 aliphatic carbocycles. The Bertz CT molecular complexity index is 380. The minimum Gasteiger partial charge on any atom is -0.309 e. The van der Waals surface area contributed by atoms with Crippen molar-refractivity contribution in [3.8, 4) is 0 Å². The predicted octanol–water partition coefficient (Wildman–Crippen LogP) is 2.96. The minimum atomic E-state index is -0.800. The van der Waals surface area contributed by atoms with Crippen molar-refractivity contribution in [2.24, 2.45) is 0 Å². The van der Waals surface area contributed by atoms with Crippen LogP contribution in [0, 0.1) is 11.6 Å². The highest BCUT2D eigenvalue weighted by atomic mass is 19.2. The van der Waals surface area contributed by atoms with Crippen LogP contribution in [0.1, 0.15) is 32.4 Å². The van der Waals surface area contributed by atoms with Crippen LogP contribution in [0.15, 0.2) is 18.2 Å². The Hall–Kier alpha value is -1.00. The van der Waals surface area contributed by atoms with Crippen LogP contribution in [0.5, 0.6) is 0 Å². The van der Waals surface area contributed by atoms with Crippen LogP contribution in [0.25, 0.3) is 0 Å². The first-order chi connectivity index (χ1) is 8.41. The van der Waals surface area contributed by atoms with E-state index >= 15 is 0 Å². The lowest BCUT2D eigenvalue weighted by Gasteiger charge is -2.22. The number of hydrogen-bond donors (Lipinski definition) is 1. The second-order valence-corrected chi connectivity index (χ2v) is 4.92. The van der Waals surface area contributed by atoms with E-state index in [4.69, 9.17) is 0 Å². The van der Waals surface area contributed by atoms with Crippen LogP contribution < -0.4 is 5.32 Å². The zero-order valence-corrected chi connectivity index (χ0v) is 11.5. The van der Waals surface area contributed by atoms with Crippen LogP contribution in [0.2, 0.25) is 0 Å². The van der Waals surface area contributed by atoms with Crippen LogP contribution in [-0.4, -0.2) is 31.1 Å². The topological polar surface area (TPSA) is 15.3 Å². The number of nitrogens with one attached hydrogen (secondary N) is 1. The molecule has 2 nitrogen and oxygen atoms in total. The van der Waals surface area contributed by atoms with E-state index in [9.17, 15) is 8.78 Å². The lowest BCUT2D eigenvalue weighted by molar-refractivity contribution is 0.270. The summed E-state index contributed by atoms with van der Waals surface area (Å²) in [5.41, 5.74) is 0.765. The fourth-order valence-electron chi connectivity index (χ4n) is 1.62. The van der Waals surface area contributed by atoms with Crippen molar-refractivity contribution in [2.75, 3.05) is 20.1 Å². The van der Waals surface area contributed by atoms with Crippen LogP contribution in [-0.2, 0) is 0 Å². The van der Waals surface area contributed by atoms with E-state index in [1.165, 1.54) is 12.1 Å². The number of benzene rings is 1. The molecule has 0 saturated heterocycles. The van der Waals surface area contributed by atoms with Gasteiger partial charge in [0.25, 0.3) is 0 Å². The molecule has 0 heterocycles. The zero-order chi connectivity index (χ0) is 13.7. The third-order valence-electron chi connectivity index (χ3n) is 3.24. The number of nitrogens with zero attached hydrogens (tertiary/aromatic N) is 1. The van der Waals surface area contributed by atoms with Gasteiger partial charge in [-0.2, -0.15) is 0 Å². The van der Waals surface area contributed by atoms with Gasteiger partial charge in [-0.25, -0.2) is 8.78 Å². The summed E-state index contributed by atoms with van der Waals surface area (Å²) in [5, 5.41) is 3.30. The molecule has 0 aliphatic heterocycles. The summed E-state index contributed by atoms with van der Waals surface area (Å²) in [6.45, 7) is 7.96. The third kappa shape index (κ3) is 4.35. The van der Waals surface area contributed by atoms with E-state index in [1.54, 1.807) is 6.07 Å². The number of rotatable bonds is 6. The van der Waals surface area contributed by atoms with Gasteiger partial charge in [-0.05, 0) is 45.5 Å². The molecule has 0 aliphatic rings. The summed E-state index contributed by atoms with van der Waals surface area (Å²) >= 11 is 0. The fraction of sp³-hybridized carbons (Fsp3) is 0.571. The summed E-state index contributed by atoms with van der Waals surface area (Å²) in [6.07, 6.45) is 0. The lowest BCUT2D eigenvalue weighted by Crippen LogP contribution is -2.34. The molecule has 0 spiro atoms. The monoisotopic (exact) mass is 256 g/mol. The largest absolute Gasteiger partial charge is 0.309 e. The van der Waals surface area contributed by atoms with E-state index < -0.39 is 11.6 Å². The van der Waals surface area contributed by atoms with Gasteiger partial charge >= 0.3 is 0 Å². The lowest BCUT2D eigenvalue weighted by atomic mass is 10.1. The molecule has 4 heteroatoms. The predicted molar refractivity (Wildman–Crippen MR) is 70.5 cm³/mol. The second-order valence-electron chi connectivity index (χ2n) is 4.92. The van der Waals surface area contributed by atoms with Crippen LogP contribution in [0.3, 0.4) is 0 Å². The molecule has 1 aromatic carbocycles. The van der Waals surface area contributed by atoms with Crippen molar-refractivity contribution >= 4 is 0 Å². The van der Waals surface area contributed by atoms with Gasteiger partial charge in [0.05, 0.1) is 0 Å². The van der Waals surface area contributed by atoms with Gasteiger partial charge in [-0.15, -0.1) is 0 Å². The molecule has 0 fully saturated rings. The summed E-state index contributed by atoms with van der Waals surface area (Å²) in [6, 6.07) is 4.55. The van der Waals surface area contributed by atoms with E-state index in [-0.39, 0.29) is 6.04 Å². The average Bonchev–Trinajstić information content (AvgIpc) is 2.32. The van der Waals surface area contributed by atoms with Crippen molar-refractivity contribution < 1.29 is 8.78 Å². The maximum Gasteiger partial charge on any atom is 0.159 e. The molecule has 0 bridgehead atoms. The molecule has 0 saturated carbocycles. The Morgan fingerprint density at radius 3 is 2.39 bits per heavy atom. The standard InChI is InChI=1S/C14H22F2N2/c1-10(2)18(4)8-7-17-11(3)12-5-6-13(15)14(16)9-12/h5-6,9-11,17H,7-8H2,1-4H3. The molecule has 1 atom stereocenters. The first kappa shape index (κ1) is 15.1. The van der Waals surface area contributed by atoms with Crippen molar-refractivity contribution in [1.29, 1.82) is 0 Å². The number of halogens is 2. The van der Waals surface area contributed by atoms with Crippen LogP contribution in [0.4, 0.5) is 8.78 Å². The Morgan fingerprint density at radius 2 is 1.83 bits per heavy atom. The molecule has 18 heavy (non-hydrogen) atoms. The van der Waals surface area contributed by atoms with E-state index in [2.05, 4.69) is 31.1 Å². The highest BCUT2D eigenvalue weighted by Gasteiger charge is 2.09. The highest BCUT2D eigenvalue weighted by molar-refractivity contribution is 5.20. The molecule has 0 radical (unpaired) electrons. The van der Waals surface area contributed by atoms with Gasteiger partial charge in [0.15, 0.2) is 11.6 Å². The Balaban J connectivity index is 2.45. The summed E-state index contributed by atoms with van der Waals surface area (Å²) in [4.78, 5) is 2.23. The summed E-state index contributed by atoms with van der Waals surface area (Å²) in [5.74, 6) is -1.59. The zero-order valence-electron chi connectivity index (χ0n) is 11.5. The van der Waals surface area contributed by atoms with Gasteiger partial charge < -0.3 is 10.2 Å². The Morgan fingerprint density at radius 1 is 1.17 bits per heavy atom. The maximum atomic E-state index is 13.1. The molecule has 1 aromatic rings. The van der Waals surface area contributed by atoms with Gasteiger partial charge in [0.2, 0.25) is 0 Å². The van der Waals surface area contributed by atoms with Crippen molar-refractivity contribution in [3.63, 3.8) is 0 Å². The Labute approximate surface area is 108 Å². The van der Waals surface area contributed by atoms with Crippen molar-refractivity contribution in [2.45, 2.75) is 32.9 Å². The van der Waals surface area contributed by atoms with E-state index in [1.807, 2.05) is 6.92 Å². The molecule has 1 N–H and O–H groups in total. The van der Waals surface area contributed by atoms with Crippen molar-refractivity contribution in [3.05, 3.63) is 35.4 Å². The number of likely N-dealkylation sites (N-methyl/N-ethyl adjacent to an activating group) is 1.